The van der Waals surface area contributed by atoms with E-state index in [1.807, 2.05) is 0 Å². The van der Waals surface area contributed by atoms with E-state index >= 15 is 0 Å². The van der Waals surface area contributed by atoms with Gasteiger partial charge in [0.25, 0.3) is 0 Å². The van der Waals surface area contributed by atoms with Crippen molar-refractivity contribution in [3.8, 4) is 0 Å². The minimum absolute atomic E-state index is 0.0797. The number of carbonyl (C=O) groups is 2. The molecule has 0 aromatic carbocycles. The van der Waals surface area contributed by atoms with E-state index in [9.17, 15) is 19.0 Å². The van der Waals surface area contributed by atoms with Crippen LogP contribution in [-0.2, 0) is 18.7 Å². The monoisotopic (exact) mass is 264 g/mol. The average molecular weight is 264 g/mol. The lowest BCUT2D eigenvalue weighted by molar-refractivity contribution is -0.136. The number of amides is 2. The van der Waals surface area contributed by atoms with Gasteiger partial charge in [-0.15, -0.1) is 0 Å². The minimum atomic E-state index is -3.86. The molecule has 1 aliphatic rings. The summed E-state index contributed by atoms with van der Waals surface area (Å²) >= 11 is 0. The second kappa shape index (κ2) is 5.62. The Hall–Kier alpha value is -0.910. The molecule has 0 radical (unpaired) electrons. The molecule has 1 saturated heterocycles. The van der Waals surface area contributed by atoms with Gasteiger partial charge in [0, 0.05) is 13.5 Å². The lowest BCUT2D eigenvalue weighted by atomic mass is 10.2. The van der Waals surface area contributed by atoms with Gasteiger partial charge in [0.1, 0.15) is 12.3 Å². The van der Waals surface area contributed by atoms with Crippen LogP contribution in [0.1, 0.15) is 20.3 Å². The van der Waals surface area contributed by atoms with Crippen LogP contribution < -0.4 is 5.32 Å². The molecule has 0 aromatic heterocycles. The first kappa shape index (κ1) is 14.2. The van der Waals surface area contributed by atoms with Crippen LogP contribution >= 0.6 is 7.60 Å². The Kier molecular flexibility index (Phi) is 4.68. The van der Waals surface area contributed by atoms with Crippen molar-refractivity contribution in [2.75, 3.05) is 19.4 Å². The van der Waals surface area contributed by atoms with E-state index in [0.717, 1.165) is 4.90 Å². The van der Waals surface area contributed by atoms with Gasteiger partial charge in [-0.1, -0.05) is 0 Å². The van der Waals surface area contributed by atoms with Crippen molar-refractivity contribution in [2.45, 2.75) is 26.3 Å². The summed E-state index contributed by atoms with van der Waals surface area (Å²) < 4.78 is 16.3. The first-order valence-electron chi connectivity index (χ1n) is 5.38. The zero-order valence-corrected chi connectivity index (χ0v) is 10.8. The van der Waals surface area contributed by atoms with Gasteiger partial charge in [-0.3, -0.25) is 14.2 Å². The van der Waals surface area contributed by atoms with Gasteiger partial charge in [0.2, 0.25) is 11.8 Å². The van der Waals surface area contributed by atoms with E-state index < -0.39 is 25.8 Å². The van der Waals surface area contributed by atoms with Crippen LogP contribution in [0.2, 0.25) is 0 Å². The molecule has 98 valence electrons. The molecule has 0 saturated carbocycles. The number of carbonyl (C=O) groups excluding carboxylic acids is 2. The smallest absolute Gasteiger partial charge is 0.347 e. The fourth-order valence-corrected chi connectivity index (χ4v) is 3.00. The molecule has 1 aliphatic heterocycles. The largest absolute Gasteiger partial charge is 0.354 e. The van der Waals surface area contributed by atoms with Crippen molar-refractivity contribution >= 4 is 19.4 Å². The van der Waals surface area contributed by atoms with Crippen LogP contribution in [-0.4, -0.2) is 47.1 Å². The molecule has 17 heavy (non-hydrogen) atoms. The van der Waals surface area contributed by atoms with Crippen molar-refractivity contribution in [1.82, 2.24) is 10.2 Å². The lowest BCUT2D eigenvalue weighted by Gasteiger charge is -2.27. The summed E-state index contributed by atoms with van der Waals surface area (Å²) in [7, 11) is -3.86. The molecule has 0 aromatic rings. The first-order valence-corrected chi connectivity index (χ1v) is 7.15. The van der Waals surface area contributed by atoms with E-state index in [4.69, 9.17) is 4.52 Å². The highest BCUT2D eigenvalue weighted by molar-refractivity contribution is 7.52. The highest BCUT2D eigenvalue weighted by atomic mass is 31.2. The maximum Gasteiger partial charge on any atom is 0.347 e. The normalized spacial score (nSPS) is 23.0. The van der Waals surface area contributed by atoms with Crippen LogP contribution in [0.4, 0.5) is 0 Å². The number of nitrogens with zero attached hydrogens (tertiary/aromatic N) is 1. The fraction of sp³-hybridized carbons (Fsp3) is 0.778. The Bertz CT molecular complexity index is 359. The van der Waals surface area contributed by atoms with E-state index in [-0.39, 0.29) is 12.5 Å². The van der Waals surface area contributed by atoms with Crippen molar-refractivity contribution < 1.29 is 23.6 Å². The van der Waals surface area contributed by atoms with Gasteiger partial charge in [-0.2, -0.15) is 0 Å². The average Bonchev–Trinajstić information content (AvgIpc) is 2.60. The Morgan fingerprint density at radius 3 is 2.76 bits per heavy atom. The molecule has 1 fully saturated rings. The Morgan fingerprint density at radius 2 is 2.35 bits per heavy atom. The molecule has 2 unspecified atom stereocenters. The van der Waals surface area contributed by atoms with Gasteiger partial charge < -0.3 is 19.6 Å². The first-order chi connectivity index (χ1) is 7.87. The van der Waals surface area contributed by atoms with Crippen molar-refractivity contribution in [3.63, 3.8) is 0 Å². The van der Waals surface area contributed by atoms with E-state index in [1.165, 1.54) is 6.92 Å². The number of nitrogens with one attached hydrogen (secondary N) is 1. The zero-order chi connectivity index (χ0) is 13.1. The summed E-state index contributed by atoms with van der Waals surface area (Å²) in [5.41, 5.74) is 0. The third kappa shape index (κ3) is 3.80. The summed E-state index contributed by atoms with van der Waals surface area (Å²) in [6.45, 7) is 3.40. The molecule has 2 atom stereocenters. The van der Waals surface area contributed by atoms with Crippen molar-refractivity contribution in [3.05, 3.63) is 0 Å². The summed E-state index contributed by atoms with van der Waals surface area (Å²) in [5, 5.41) is 2.58. The van der Waals surface area contributed by atoms with Crippen LogP contribution in [0.15, 0.2) is 0 Å². The summed E-state index contributed by atoms with van der Waals surface area (Å²) in [6, 6.07) is -0.673. The highest BCUT2D eigenvalue weighted by Gasteiger charge is 2.36. The quantitative estimate of drug-likeness (QED) is 0.676. The van der Waals surface area contributed by atoms with Crippen LogP contribution in [0, 0.1) is 0 Å². The maximum absolute atomic E-state index is 11.6. The molecule has 1 rings (SSSR count). The zero-order valence-electron chi connectivity index (χ0n) is 9.88. The number of rotatable bonds is 5. The lowest BCUT2D eigenvalue weighted by Crippen LogP contribution is -2.44. The van der Waals surface area contributed by atoms with Gasteiger partial charge in [0.15, 0.2) is 0 Å². The molecule has 1 heterocycles. The Morgan fingerprint density at radius 1 is 1.71 bits per heavy atom. The predicted molar refractivity (Wildman–Crippen MR) is 60.3 cm³/mol. The van der Waals surface area contributed by atoms with E-state index in [0.29, 0.717) is 13.0 Å². The maximum atomic E-state index is 11.6. The van der Waals surface area contributed by atoms with Crippen molar-refractivity contribution in [2.24, 2.45) is 0 Å². The molecule has 2 N–H and O–H groups in total. The molecule has 0 spiro atoms. The predicted octanol–water partition coefficient (Wildman–Crippen LogP) is -0.0972. The van der Waals surface area contributed by atoms with Gasteiger partial charge >= 0.3 is 7.60 Å². The van der Waals surface area contributed by atoms with Crippen molar-refractivity contribution in [1.29, 1.82) is 0 Å². The molecule has 2 amide bonds. The number of hydrogen-bond acceptors (Lipinski definition) is 4. The van der Waals surface area contributed by atoms with Crippen LogP contribution in [0.5, 0.6) is 0 Å². The standard InChI is InChI=1S/C9H17N2O5P/c1-3-16-17(14,15)6-11(7(2)12)8-4-5-10-9(8)13/h8H,3-6H2,1-2H3,(H,10,13)(H,14,15). The van der Waals surface area contributed by atoms with E-state index in [2.05, 4.69) is 5.32 Å². The highest BCUT2D eigenvalue weighted by Crippen LogP contribution is 2.43. The van der Waals surface area contributed by atoms with Crippen LogP contribution in [0.25, 0.3) is 0 Å². The Labute approximate surface area is 99.7 Å². The number of hydrogen-bond donors (Lipinski definition) is 2. The summed E-state index contributed by atoms with van der Waals surface area (Å²) in [6.07, 6.45) is -0.00119. The minimum Gasteiger partial charge on any atom is -0.354 e. The molecule has 0 aliphatic carbocycles. The van der Waals surface area contributed by atoms with Gasteiger partial charge in [0.05, 0.1) is 6.61 Å². The second-order valence-electron chi connectivity index (χ2n) is 3.78. The summed E-state index contributed by atoms with van der Waals surface area (Å²) in [4.78, 5) is 33.4. The second-order valence-corrected chi connectivity index (χ2v) is 5.60. The van der Waals surface area contributed by atoms with Gasteiger partial charge in [-0.25, -0.2) is 0 Å². The fourth-order valence-electron chi connectivity index (χ4n) is 1.73. The third-order valence-corrected chi connectivity index (χ3v) is 3.79. The van der Waals surface area contributed by atoms with E-state index in [1.54, 1.807) is 6.92 Å². The Balaban J connectivity index is 2.77. The topological polar surface area (TPSA) is 95.9 Å². The molecule has 0 bridgehead atoms. The molecule has 8 heteroatoms. The summed E-state index contributed by atoms with van der Waals surface area (Å²) in [5.74, 6) is -0.710. The molecule has 7 nitrogen and oxygen atoms in total. The third-order valence-electron chi connectivity index (χ3n) is 2.46. The van der Waals surface area contributed by atoms with Crippen LogP contribution in [0.3, 0.4) is 0 Å². The SMILES string of the molecule is CCOP(=O)(O)CN(C(C)=O)C1CCNC1=O. The molecular formula is C9H17N2O5P. The van der Waals surface area contributed by atoms with Gasteiger partial charge in [-0.05, 0) is 13.3 Å². The molecular weight excluding hydrogens is 247 g/mol.